The summed E-state index contributed by atoms with van der Waals surface area (Å²) in [5, 5.41) is 9.56. The normalized spacial score (nSPS) is 15.2. The van der Waals surface area contributed by atoms with Gasteiger partial charge >= 0.3 is 0 Å². The molecule has 0 saturated carbocycles. The third-order valence-electron chi connectivity index (χ3n) is 2.75. The average Bonchev–Trinajstić information content (AvgIpc) is 2.73. The molecule has 1 heterocycles. The lowest BCUT2D eigenvalue weighted by Crippen LogP contribution is -2.21. The molecule has 15 heavy (non-hydrogen) atoms. The Labute approximate surface area is 96.1 Å². The topological polar surface area (TPSA) is 46.2 Å². The van der Waals surface area contributed by atoms with Gasteiger partial charge in [0.25, 0.3) is 0 Å². The Balaban J connectivity index is 2.65. The number of nitrogens with two attached hydrogens (primary N) is 1. The monoisotopic (exact) mass is 227 g/mol. The first-order valence-electron chi connectivity index (χ1n) is 5.67. The first-order chi connectivity index (χ1) is 7.21. The van der Waals surface area contributed by atoms with E-state index in [2.05, 4.69) is 26.0 Å². The lowest BCUT2D eigenvalue weighted by atomic mass is 9.97. The maximum Gasteiger partial charge on any atom is 0.0668 e. The Morgan fingerprint density at radius 1 is 1.40 bits per heavy atom. The van der Waals surface area contributed by atoms with Crippen LogP contribution in [0.4, 0.5) is 0 Å². The van der Waals surface area contributed by atoms with E-state index in [-0.39, 0.29) is 6.10 Å². The van der Waals surface area contributed by atoms with Gasteiger partial charge in [0, 0.05) is 16.3 Å². The fraction of sp³-hybridized carbons (Fsp3) is 0.667. The fourth-order valence-electron chi connectivity index (χ4n) is 1.71. The number of aryl methyl sites for hydroxylation is 1. The Morgan fingerprint density at radius 3 is 2.60 bits per heavy atom. The van der Waals surface area contributed by atoms with Crippen LogP contribution in [0.3, 0.4) is 0 Å². The molecule has 0 saturated heterocycles. The lowest BCUT2D eigenvalue weighted by molar-refractivity contribution is 0.162. The molecule has 0 aliphatic rings. The summed E-state index contributed by atoms with van der Waals surface area (Å²) in [6.45, 7) is 4.70. The number of thiophene rings is 1. The van der Waals surface area contributed by atoms with E-state index in [1.807, 2.05) is 11.3 Å². The van der Waals surface area contributed by atoms with Crippen LogP contribution in [0.2, 0.25) is 0 Å². The maximum absolute atomic E-state index is 9.56. The molecule has 0 spiro atoms. The van der Waals surface area contributed by atoms with E-state index in [4.69, 9.17) is 5.73 Å². The molecule has 1 rings (SSSR count). The molecule has 3 heteroatoms. The van der Waals surface area contributed by atoms with Crippen molar-refractivity contribution in [1.82, 2.24) is 0 Å². The van der Waals surface area contributed by atoms with Crippen LogP contribution in [-0.4, -0.2) is 17.8 Å². The van der Waals surface area contributed by atoms with Crippen molar-refractivity contribution < 1.29 is 5.11 Å². The molecule has 2 nitrogen and oxygen atoms in total. The number of rotatable bonds is 6. The van der Waals surface area contributed by atoms with Crippen molar-refractivity contribution in [3.05, 3.63) is 21.9 Å². The van der Waals surface area contributed by atoms with Gasteiger partial charge in [0.1, 0.15) is 0 Å². The van der Waals surface area contributed by atoms with Crippen molar-refractivity contribution in [2.45, 2.75) is 45.1 Å². The van der Waals surface area contributed by atoms with E-state index in [1.165, 1.54) is 9.75 Å². The first-order valence-corrected chi connectivity index (χ1v) is 6.49. The molecular formula is C12H21NOS. The van der Waals surface area contributed by atoms with Crippen molar-refractivity contribution in [1.29, 1.82) is 0 Å². The number of aliphatic hydroxyl groups excluding tert-OH is 1. The largest absolute Gasteiger partial charge is 0.392 e. The molecule has 86 valence electrons. The van der Waals surface area contributed by atoms with Crippen molar-refractivity contribution >= 4 is 11.3 Å². The van der Waals surface area contributed by atoms with Crippen LogP contribution in [-0.2, 0) is 6.42 Å². The first kappa shape index (κ1) is 12.7. The fourth-order valence-corrected chi connectivity index (χ4v) is 2.86. The average molecular weight is 227 g/mol. The quantitative estimate of drug-likeness (QED) is 0.784. The lowest BCUT2D eigenvalue weighted by Gasteiger charge is -2.16. The Morgan fingerprint density at radius 2 is 2.13 bits per heavy atom. The standard InChI is InChI=1S/C12H21NOS/c1-3-9(7-10(14)8-13)12-6-5-11(4-2)15-12/h5-6,9-10,14H,3-4,7-8,13H2,1-2H3. The van der Waals surface area contributed by atoms with E-state index in [1.54, 1.807) is 0 Å². The number of hydrogen-bond donors (Lipinski definition) is 2. The molecule has 0 amide bonds. The highest BCUT2D eigenvalue weighted by molar-refractivity contribution is 7.12. The van der Waals surface area contributed by atoms with Gasteiger partial charge in [0.15, 0.2) is 0 Å². The van der Waals surface area contributed by atoms with Crippen LogP contribution < -0.4 is 5.73 Å². The number of aliphatic hydroxyl groups is 1. The summed E-state index contributed by atoms with van der Waals surface area (Å²) >= 11 is 1.87. The van der Waals surface area contributed by atoms with Gasteiger partial charge in [-0.25, -0.2) is 0 Å². The summed E-state index contributed by atoms with van der Waals surface area (Å²) in [6, 6.07) is 4.39. The third-order valence-corrected chi connectivity index (χ3v) is 4.15. The van der Waals surface area contributed by atoms with Crippen molar-refractivity contribution in [3.63, 3.8) is 0 Å². The number of hydrogen-bond acceptors (Lipinski definition) is 3. The summed E-state index contributed by atoms with van der Waals surface area (Å²) in [7, 11) is 0. The minimum absolute atomic E-state index is 0.359. The summed E-state index contributed by atoms with van der Waals surface area (Å²) in [4.78, 5) is 2.81. The van der Waals surface area contributed by atoms with Crippen LogP contribution in [0.25, 0.3) is 0 Å². The zero-order valence-corrected chi connectivity index (χ0v) is 10.4. The predicted octanol–water partition coefficient (Wildman–Crippen LogP) is 2.51. The molecule has 3 N–H and O–H groups in total. The highest BCUT2D eigenvalue weighted by Crippen LogP contribution is 2.30. The van der Waals surface area contributed by atoms with E-state index in [9.17, 15) is 5.11 Å². The molecule has 0 aliphatic carbocycles. The molecule has 1 aromatic rings. The van der Waals surface area contributed by atoms with Crippen LogP contribution >= 0.6 is 11.3 Å². The zero-order valence-electron chi connectivity index (χ0n) is 9.57. The molecule has 0 fully saturated rings. The van der Waals surface area contributed by atoms with Crippen LogP contribution in [0.1, 0.15) is 42.4 Å². The van der Waals surface area contributed by atoms with E-state index in [0.29, 0.717) is 12.5 Å². The Hall–Kier alpha value is -0.380. The van der Waals surface area contributed by atoms with E-state index in [0.717, 1.165) is 19.3 Å². The molecule has 1 aromatic heterocycles. The van der Waals surface area contributed by atoms with E-state index >= 15 is 0 Å². The summed E-state index contributed by atoms with van der Waals surface area (Å²) < 4.78 is 0. The van der Waals surface area contributed by atoms with Crippen molar-refractivity contribution in [2.75, 3.05) is 6.54 Å². The molecule has 2 atom stereocenters. The van der Waals surface area contributed by atoms with Gasteiger partial charge in [-0.15, -0.1) is 11.3 Å². The Kier molecular flexibility index (Phi) is 5.29. The highest BCUT2D eigenvalue weighted by atomic mass is 32.1. The molecule has 0 aliphatic heterocycles. The maximum atomic E-state index is 9.56. The second-order valence-corrected chi connectivity index (χ2v) is 5.09. The summed E-state index contributed by atoms with van der Waals surface area (Å²) in [5.74, 6) is 0.467. The smallest absolute Gasteiger partial charge is 0.0668 e. The predicted molar refractivity (Wildman–Crippen MR) is 66.4 cm³/mol. The highest BCUT2D eigenvalue weighted by Gasteiger charge is 2.15. The van der Waals surface area contributed by atoms with E-state index < -0.39 is 0 Å². The summed E-state index contributed by atoms with van der Waals surface area (Å²) in [6.07, 6.45) is 2.60. The molecule has 2 unspecified atom stereocenters. The minimum atomic E-state index is -0.359. The van der Waals surface area contributed by atoms with Gasteiger partial charge in [-0.1, -0.05) is 13.8 Å². The van der Waals surface area contributed by atoms with Gasteiger partial charge < -0.3 is 10.8 Å². The van der Waals surface area contributed by atoms with Crippen molar-refractivity contribution in [3.8, 4) is 0 Å². The minimum Gasteiger partial charge on any atom is -0.392 e. The molecule has 0 radical (unpaired) electrons. The van der Waals surface area contributed by atoms with Crippen LogP contribution in [0.15, 0.2) is 12.1 Å². The van der Waals surface area contributed by atoms with Gasteiger partial charge in [-0.3, -0.25) is 0 Å². The van der Waals surface area contributed by atoms with Gasteiger partial charge in [-0.05, 0) is 37.3 Å². The second kappa shape index (κ2) is 6.26. The molecular weight excluding hydrogens is 206 g/mol. The molecule has 0 bridgehead atoms. The van der Waals surface area contributed by atoms with Crippen LogP contribution in [0.5, 0.6) is 0 Å². The second-order valence-electron chi connectivity index (χ2n) is 3.89. The zero-order chi connectivity index (χ0) is 11.3. The van der Waals surface area contributed by atoms with Gasteiger partial charge in [-0.2, -0.15) is 0 Å². The summed E-state index contributed by atoms with van der Waals surface area (Å²) in [5.41, 5.74) is 5.44. The SMILES string of the molecule is CCc1ccc(C(CC)CC(O)CN)s1. The van der Waals surface area contributed by atoms with Gasteiger partial charge in [0.2, 0.25) is 0 Å². The third kappa shape index (κ3) is 3.59. The van der Waals surface area contributed by atoms with Crippen LogP contribution in [0, 0.1) is 0 Å². The molecule has 0 aromatic carbocycles. The van der Waals surface area contributed by atoms with Crippen molar-refractivity contribution in [2.24, 2.45) is 5.73 Å². The van der Waals surface area contributed by atoms with Gasteiger partial charge in [0.05, 0.1) is 6.10 Å². The Bertz CT molecular complexity index is 285.